The van der Waals surface area contributed by atoms with Crippen LogP contribution in [-0.4, -0.2) is 9.97 Å². The lowest BCUT2D eigenvalue weighted by atomic mass is 10.4. The predicted molar refractivity (Wildman–Crippen MR) is 39.6 cm³/mol. The molecule has 0 aromatic carbocycles. The van der Waals surface area contributed by atoms with Crippen LogP contribution in [0.2, 0.25) is 10.3 Å². The highest BCUT2D eigenvalue weighted by Gasteiger charge is 2.01. The van der Waals surface area contributed by atoms with E-state index in [-0.39, 0.29) is 10.3 Å². The standard InChI is InChI=1S/C5H4Cl2N2O/c1-2-3(6)8-5(10)9-4(2)7/h1H3,(H,8,9,10). The first kappa shape index (κ1) is 7.57. The summed E-state index contributed by atoms with van der Waals surface area (Å²) in [6.45, 7) is 1.67. The second kappa shape index (κ2) is 2.60. The van der Waals surface area contributed by atoms with Gasteiger partial charge in [-0.3, -0.25) is 4.98 Å². The third kappa shape index (κ3) is 1.30. The molecule has 1 heterocycles. The van der Waals surface area contributed by atoms with Gasteiger partial charge in [0.1, 0.15) is 10.3 Å². The molecule has 0 saturated carbocycles. The summed E-state index contributed by atoms with van der Waals surface area (Å²) in [5, 5.41) is 0.388. The number of halogens is 2. The Balaban J connectivity index is 3.46. The summed E-state index contributed by atoms with van der Waals surface area (Å²) in [7, 11) is 0. The van der Waals surface area contributed by atoms with Crippen molar-refractivity contribution in [2.24, 2.45) is 0 Å². The van der Waals surface area contributed by atoms with E-state index in [0.29, 0.717) is 5.56 Å². The van der Waals surface area contributed by atoms with E-state index >= 15 is 0 Å². The molecule has 0 unspecified atom stereocenters. The Morgan fingerprint density at radius 2 is 2.10 bits per heavy atom. The minimum atomic E-state index is -0.527. The molecule has 0 amide bonds. The zero-order valence-corrected chi connectivity index (χ0v) is 6.62. The van der Waals surface area contributed by atoms with Crippen molar-refractivity contribution < 1.29 is 0 Å². The Kier molecular flexibility index (Phi) is 1.97. The molecule has 0 radical (unpaired) electrons. The van der Waals surface area contributed by atoms with Gasteiger partial charge in [0, 0.05) is 5.56 Å². The molecule has 0 saturated heterocycles. The van der Waals surface area contributed by atoms with Crippen LogP contribution in [0.4, 0.5) is 0 Å². The lowest BCUT2D eigenvalue weighted by Crippen LogP contribution is -2.11. The zero-order chi connectivity index (χ0) is 7.72. The van der Waals surface area contributed by atoms with E-state index in [4.69, 9.17) is 23.2 Å². The third-order valence-corrected chi connectivity index (χ3v) is 1.80. The van der Waals surface area contributed by atoms with Gasteiger partial charge in [0.15, 0.2) is 0 Å². The highest BCUT2D eigenvalue weighted by Crippen LogP contribution is 2.15. The Bertz CT molecular complexity index is 281. The van der Waals surface area contributed by atoms with Crippen molar-refractivity contribution in [2.45, 2.75) is 6.92 Å². The van der Waals surface area contributed by atoms with Gasteiger partial charge in [-0.15, -0.1) is 0 Å². The Morgan fingerprint density at radius 3 is 2.60 bits per heavy atom. The molecular weight excluding hydrogens is 175 g/mol. The maximum atomic E-state index is 10.5. The number of H-pyrrole nitrogens is 1. The van der Waals surface area contributed by atoms with Crippen LogP contribution < -0.4 is 5.69 Å². The van der Waals surface area contributed by atoms with Crippen LogP contribution in [0.25, 0.3) is 0 Å². The largest absolute Gasteiger partial charge is 0.347 e. The summed E-state index contributed by atoms with van der Waals surface area (Å²) in [6, 6.07) is 0. The van der Waals surface area contributed by atoms with Crippen LogP contribution in [0.15, 0.2) is 4.79 Å². The molecule has 10 heavy (non-hydrogen) atoms. The van der Waals surface area contributed by atoms with E-state index in [1.807, 2.05) is 0 Å². The highest BCUT2D eigenvalue weighted by atomic mass is 35.5. The second-order valence-corrected chi connectivity index (χ2v) is 2.51. The third-order valence-electron chi connectivity index (χ3n) is 1.06. The molecule has 1 aromatic rings. The van der Waals surface area contributed by atoms with Gasteiger partial charge >= 0.3 is 5.69 Å². The monoisotopic (exact) mass is 178 g/mol. The van der Waals surface area contributed by atoms with Crippen molar-refractivity contribution in [1.82, 2.24) is 9.97 Å². The average Bonchev–Trinajstić information content (AvgIpc) is 1.82. The maximum Gasteiger partial charge on any atom is 0.347 e. The van der Waals surface area contributed by atoms with E-state index in [1.54, 1.807) is 6.92 Å². The fraction of sp³-hybridized carbons (Fsp3) is 0.200. The summed E-state index contributed by atoms with van der Waals surface area (Å²) >= 11 is 11.0. The molecule has 1 N–H and O–H groups in total. The highest BCUT2D eigenvalue weighted by molar-refractivity contribution is 6.34. The summed E-state index contributed by atoms with van der Waals surface area (Å²) in [4.78, 5) is 16.2. The van der Waals surface area contributed by atoms with Crippen molar-refractivity contribution in [2.75, 3.05) is 0 Å². The zero-order valence-electron chi connectivity index (χ0n) is 5.11. The van der Waals surface area contributed by atoms with Crippen molar-refractivity contribution in [3.05, 3.63) is 26.4 Å². The van der Waals surface area contributed by atoms with Gasteiger partial charge < -0.3 is 0 Å². The quantitative estimate of drug-likeness (QED) is 0.611. The van der Waals surface area contributed by atoms with E-state index in [9.17, 15) is 4.79 Å². The van der Waals surface area contributed by atoms with Gasteiger partial charge in [-0.1, -0.05) is 23.2 Å². The Morgan fingerprint density at radius 1 is 1.50 bits per heavy atom. The topological polar surface area (TPSA) is 45.8 Å². The molecule has 0 aliphatic heterocycles. The fourth-order valence-corrected chi connectivity index (χ4v) is 0.869. The van der Waals surface area contributed by atoms with Gasteiger partial charge in [-0.2, -0.15) is 4.98 Å². The van der Waals surface area contributed by atoms with Crippen molar-refractivity contribution in [3.63, 3.8) is 0 Å². The van der Waals surface area contributed by atoms with Crippen LogP contribution in [0.1, 0.15) is 5.56 Å². The molecule has 1 aromatic heterocycles. The number of hydrogen-bond donors (Lipinski definition) is 1. The van der Waals surface area contributed by atoms with Crippen LogP contribution >= 0.6 is 23.2 Å². The van der Waals surface area contributed by atoms with Crippen molar-refractivity contribution in [3.8, 4) is 0 Å². The first-order valence-corrected chi connectivity index (χ1v) is 3.29. The lowest BCUT2D eigenvalue weighted by molar-refractivity contribution is 1.05. The molecule has 54 valence electrons. The normalized spacial score (nSPS) is 9.90. The molecule has 0 atom stereocenters. The number of nitrogens with zero attached hydrogens (tertiary/aromatic N) is 1. The van der Waals surface area contributed by atoms with E-state index in [2.05, 4.69) is 9.97 Å². The van der Waals surface area contributed by atoms with Gasteiger partial charge in [0.05, 0.1) is 0 Å². The first-order chi connectivity index (χ1) is 4.61. The Labute approximate surface area is 67.0 Å². The molecule has 0 aliphatic carbocycles. The number of hydrogen-bond acceptors (Lipinski definition) is 2. The van der Waals surface area contributed by atoms with E-state index < -0.39 is 5.69 Å². The smallest absolute Gasteiger partial charge is 0.296 e. The van der Waals surface area contributed by atoms with Crippen LogP contribution in [-0.2, 0) is 0 Å². The van der Waals surface area contributed by atoms with Crippen LogP contribution in [0, 0.1) is 6.92 Å². The molecule has 0 fully saturated rings. The van der Waals surface area contributed by atoms with Gasteiger partial charge in [0.2, 0.25) is 0 Å². The minimum Gasteiger partial charge on any atom is -0.296 e. The SMILES string of the molecule is Cc1c(Cl)nc(=O)[nH]c1Cl. The summed E-state index contributed by atoms with van der Waals surface area (Å²) in [6.07, 6.45) is 0. The lowest BCUT2D eigenvalue weighted by Gasteiger charge is -1.95. The number of aromatic amines is 1. The molecule has 0 spiro atoms. The number of aromatic nitrogens is 2. The minimum absolute atomic E-state index is 0.147. The molecule has 5 heteroatoms. The van der Waals surface area contributed by atoms with Crippen LogP contribution in [0.3, 0.4) is 0 Å². The summed E-state index contributed by atoms with van der Waals surface area (Å²) in [5.41, 5.74) is 0.0588. The van der Waals surface area contributed by atoms with E-state index in [1.165, 1.54) is 0 Å². The van der Waals surface area contributed by atoms with Crippen molar-refractivity contribution >= 4 is 23.2 Å². The van der Waals surface area contributed by atoms with E-state index in [0.717, 1.165) is 0 Å². The van der Waals surface area contributed by atoms with Gasteiger partial charge in [-0.05, 0) is 6.92 Å². The molecule has 3 nitrogen and oxygen atoms in total. The second-order valence-electron chi connectivity index (χ2n) is 1.77. The average molecular weight is 179 g/mol. The fourth-order valence-electron chi connectivity index (χ4n) is 0.479. The van der Waals surface area contributed by atoms with Crippen molar-refractivity contribution in [1.29, 1.82) is 0 Å². The molecule has 1 rings (SSSR count). The predicted octanol–water partition coefficient (Wildman–Crippen LogP) is 1.39. The molecule has 0 bridgehead atoms. The number of rotatable bonds is 0. The molecule has 0 aliphatic rings. The summed E-state index contributed by atoms with van der Waals surface area (Å²) in [5.74, 6) is 0. The number of nitrogens with one attached hydrogen (secondary N) is 1. The van der Waals surface area contributed by atoms with Gasteiger partial charge in [0.25, 0.3) is 0 Å². The Hall–Kier alpha value is -0.540. The van der Waals surface area contributed by atoms with Crippen LogP contribution in [0.5, 0.6) is 0 Å². The first-order valence-electron chi connectivity index (χ1n) is 2.53. The maximum absolute atomic E-state index is 10.5. The molecular formula is C5H4Cl2N2O. The summed E-state index contributed by atoms with van der Waals surface area (Å²) < 4.78 is 0. The van der Waals surface area contributed by atoms with Gasteiger partial charge in [-0.25, -0.2) is 4.79 Å².